The highest BCUT2D eigenvalue weighted by Crippen LogP contribution is 2.15. The highest BCUT2D eigenvalue weighted by atomic mass is 35.5. The summed E-state index contributed by atoms with van der Waals surface area (Å²) in [6.45, 7) is 2.69. The van der Waals surface area contributed by atoms with Crippen molar-refractivity contribution in [1.82, 2.24) is 5.32 Å². The molecule has 2 rings (SSSR count). The van der Waals surface area contributed by atoms with Crippen molar-refractivity contribution < 1.29 is 9.59 Å². The van der Waals surface area contributed by atoms with Gasteiger partial charge in [0.2, 0.25) is 11.8 Å². The van der Waals surface area contributed by atoms with Crippen LogP contribution in [0.4, 0.5) is 11.4 Å². The van der Waals surface area contributed by atoms with Gasteiger partial charge in [-0.05, 0) is 35.9 Å². The summed E-state index contributed by atoms with van der Waals surface area (Å²) in [7, 11) is 0. The van der Waals surface area contributed by atoms with Crippen LogP contribution in [-0.4, -0.2) is 18.4 Å². The zero-order chi connectivity index (χ0) is 17.4. The molecule has 0 spiro atoms. The SMILES string of the molecule is CC(=O)Nc1cccc(NC(=O)CCNCc2ccc(Cl)cc2)c1. The van der Waals surface area contributed by atoms with E-state index in [2.05, 4.69) is 16.0 Å². The van der Waals surface area contributed by atoms with E-state index in [-0.39, 0.29) is 11.8 Å². The Morgan fingerprint density at radius 3 is 2.33 bits per heavy atom. The Kier molecular flexibility index (Phi) is 6.78. The van der Waals surface area contributed by atoms with Gasteiger partial charge in [0, 0.05) is 42.8 Å². The number of anilines is 2. The van der Waals surface area contributed by atoms with Crippen LogP contribution >= 0.6 is 11.6 Å². The largest absolute Gasteiger partial charge is 0.326 e. The molecular formula is C18H20ClN3O2. The minimum Gasteiger partial charge on any atom is -0.326 e. The zero-order valence-electron chi connectivity index (χ0n) is 13.4. The van der Waals surface area contributed by atoms with Crippen LogP contribution < -0.4 is 16.0 Å². The molecule has 0 heterocycles. The molecule has 0 aliphatic heterocycles. The van der Waals surface area contributed by atoms with Gasteiger partial charge < -0.3 is 16.0 Å². The highest BCUT2D eigenvalue weighted by molar-refractivity contribution is 6.30. The molecule has 0 saturated carbocycles. The summed E-state index contributed by atoms with van der Waals surface area (Å²) in [6, 6.07) is 14.6. The van der Waals surface area contributed by atoms with Crippen LogP contribution in [0.15, 0.2) is 48.5 Å². The second-order valence-corrected chi connectivity index (χ2v) is 5.80. The Morgan fingerprint density at radius 1 is 1.00 bits per heavy atom. The van der Waals surface area contributed by atoms with Crippen molar-refractivity contribution in [2.24, 2.45) is 0 Å². The lowest BCUT2D eigenvalue weighted by Gasteiger charge is -2.08. The van der Waals surface area contributed by atoms with Crippen LogP contribution in [0.3, 0.4) is 0 Å². The summed E-state index contributed by atoms with van der Waals surface area (Å²) < 4.78 is 0. The van der Waals surface area contributed by atoms with E-state index in [9.17, 15) is 9.59 Å². The molecule has 126 valence electrons. The zero-order valence-corrected chi connectivity index (χ0v) is 14.2. The fourth-order valence-electron chi connectivity index (χ4n) is 2.14. The molecule has 2 aromatic rings. The van der Waals surface area contributed by atoms with E-state index in [0.717, 1.165) is 5.56 Å². The van der Waals surface area contributed by atoms with Gasteiger partial charge in [0.1, 0.15) is 0 Å². The minimum atomic E-state index is -0.148. The Bertz CT molecular complexity index is 702. The summed E-state index contributed by atoms with van der Waals surface area (Å²) in [5.74, 6) is -0.233. The quantitative estimate of drug-likeness (QED) is 0.673. The van der Waals surface area contributed by atoms with Crippen LogP contribution in [0.1, 0.15) is 18.9 Å². The third kappa shape index (κ3) is 6.40. The molecule has 24 heavy (non-hydrogen) atoms. The van der Waals surface area contributed by atoms with Crippen LogP contribution in [0.25, 0.3) is 0 Å². The number of nitrogens with one attached hydrogen (secondary N) is 3. The fourth-order valence-corrected chi connectivity index (χ4v) is 2.26. The van der Waals surface area contributed by atoms with Gasteiger partial charge in [-0.3, -0.25) is 9.59 Å². The summed E-state index contributed by atoms with van der Waals surface area (Å²) in [6.07, 6.45) is 0.359. The molecule has 6 heteroatoms. The Hall–Kier alpha value is -2.37. The van der Waals surface area contributed by atoms with Crippen molar-refractivity contribution in [1.29, 1.82) is 0 Å². The number of halogens is 1. The van der Waals surface area contributed by atoms with E-state index in [1.165, 1.54) is 6.92 Å². The molecule has 0 atom stereocenters. The first-order valence-corrected chi connectivity index (χ1v) is 8.03. The summed E-state index contributed by atoms with van der Waals surface area (Å²) in [5, 5.41) is 9.42. The fraction of sp³-hybridized carbons (Fsp3) is 0.222. The van der Waals surface area contributed by atoms with E-state index >= 15 is 0 Å². The van der Waals surface area contributed by atoms with Gasteiger partial charge in [-0.15, -0.1) is 0 Å². The predicted molar refractivity (Wildman–Crippen MR) is 97.2 cm³/mol. The minimum absolute atomic E-state index is 0.0846. The van der Waals surface area contributed by atoms with Gasteiger partial charge in [-0.25, -0.2) is 0 Å². The molecule has 0 radical (unpaired) electrons. The average Bonchev–Trinajstić information content (AvgIpc) is 2.53. The maximum Gasteiger partial charge on any atom is 0.225 e. The van der Waals surface area contributed by atoms with E-state index < -0.39 is 0 Å². The number of benzene rings is 2. The smallest absolute Gasteiger partial charge is 0.225 e. The summed E-state index contributed by atoms with van der Waals surface area (Å²) in [5.41, 5.74) is 2.42. The lowest BCUT2D eigenvalue weighted by molar-refractivity contribution is -0.116. The molecule has 2 amide bonds. The number of rotatable bonds is 7. The van der Waals surface area contributed by atoms with E-state index in [0.29, 0.717) is 35.9 Å². The van der Waals surface area contributed by atoms with Crippen molar-refractivity contribution in [3.05, 3.63) is 59.1 Å². The van der Waals surface area contributed by atoms with Gasteiger partial charge in [-0.1, -0.05) is 29.8 Å². The number of hydrogen-bond donors (Lipinski definition) is 3. The second-order valence-electron chi connectivity index (χ2n) is 5.36. The van der Waals surface area contributed by atoms with E-state index in [1.807, 2.05) is 24.3 Å². The first-order valence-electron chi connectivity index (χ1n) is 7.65. The number of carbonyl (C=O) groups excluding carboxylic acids is 2. The number of amides is 2. The van der Waals surface area contributed by atoms with Crippen molar-refractivity contribution in [2.75, 3.05) is 17.2 Å². The maximum absolute atomic E-state index is 11.9. The maximum atomic E-state index is 11.9. The standard InChI is InChI=1S/C18H20ClN3O2/c1-13(23)21-16-3-2-4-17(11-16)22-18(24)9-10-20-12-14-5-7-15(19)8-6-14/h2-8,11,20H,9-10,12H2,1H3,(H,21,23)(H,22,24). The van der Waals surface area contributed by atoms with Crippen LogP contribution in [0.5, 0.6) is 0 Å². The topological polar surface area (TPSA) is 70.2 Å². The summed E-state index contributed by atoms with van der Waals surface area (Å²) >= 11 is 5.83. The average molecular weight is 346 g/mol. The van der Waals surface area contributed by atoms with Crippen molar-refractivity contribution >= 4 is 34.8 Å². The summed E-state index contributed by atoms with van der Waals surface area (Å²) in [4.78, 5) is 23.0. The molecule has 0 aliphatic carbocycles. The molecule has 0 aromatic heterocycles. The number of hydrogen-bond acceptors (Lipinski definition) is 3. The van der Waals surface area contributed by atoms with Gasteiger partial charge in [-0.2, -0.15) is 0 Å². The van der Waals surface area contributed by atoms with Gasteiger partial charge >= 0.3 is 0 Å². The van der Waals surface area contributed by atoms with Crippen LogP contribution in [-0.2, 0) is 16.1 Å². The molecule has 0 aliphatic rings. The monoisotopic (exact) mass is 345 g/mol. The Labute approximate surface area is 146 Å². The Morgan fingerprint density at radius 2 is 1.67 bits per heavy atom. The molecule has 2 aromatic carbocycles. The molecule has 0 saturated heterocycles. The van der Waals surface area contributed by atoms with Gasteiger partial charge in [0.15, 0.2) is 0 Å². The lowest BCUT2D eigenvalue weighted by atomic mass is 10.2. The van der Waals surface area contributed by atoms with Crippen molar-refractivity contribution in [2.45, 2.75) is 19.9 Å². The predicted octanol–water partition coefficient (Wildman–Crippen LogP) is 3.42. The third-order valence-corrected chi connectivity index (χ3v) is 3.49. The van der Waals surface area contributed by atoms with Crippen LogP contribution in [0, 0.1) is 0 Å². The molecule has 0 fully saturated rings. The van der Waals surface area contributed by atoms with Crippen molar-refractivity contribution in [3.63, 3.8) is 0 Å². The number of carbonyl (C=O) groups is 2. The molecular weight excluding hydrogens is 326 g/mol. The third-order valence-electron chi connectivity index (χ3n) is 3.24. The van der Waals surface area contributed by atoms with E-state index in [4.69, 9.17) is 11.6 Å². The molecule has 5 nitrogen and oxygen atoms in total. The van der Waals surface area contributed by atoms with Crippen LogP contribution in [0.2, 0.25) is 5.02 Å². The van der Waals surface area contributed by atoms with Gasteiger partial charge in [0.25, 0.3) is 0 Å². The van der Waals surface area contributed by atoms with Crippen molar-refractivity contribution in [3.8, 4) is 0 Å². The molecule has 0 bridgehead atoms. The van der Waals surface area contributed by atoms with E-state index in [1.54, 1.807) is 24.3 Å². The first-order chi connectivity index (χ1) is 11.5. The second kappa shape index (κ2) is 9.05. The normalized spacial score (nSPS) is 10.2. The van der Waals surface area contributed by atoms with Gasteiger partial charge in [0.05, 0.1) is 0 Å². The highest BCUT2D eigenvalue weighted by Gasteiger charge is 2.03. The first kappa shape index (κ1) is 18.0. The Balaban J connectivity index is 1.73. The molecule has 0 unspecified atom stereocenters. The molecule has 3 N–H and O–H groups in total. The lowest BCUT2D eigenvalue weighted by Crippen LogP contribution is -2.21.